The fourth-order valence-electron chi connectivity index (χ4n) is 1.14. The van der Waals surface area contributed by atoms with Gasteiger partial charge in [-0.15, -0.1) is 0 Å². The topological polar surface area (TPSA) is 78.2 Å². The molecule has 0 unspecified atom stereocenters. The highest BCUT2D eigenvalue weighted by atomic mass is 32.2. The molecule has 4 nitrogen and oxygen atoms in total. The van der Waals surface area contributed by atoms with Gasteiger partial charge in [-0.2, -0.15) is 5.26 Å². The van der Waals surface area contributed by atoms with Crippen molar-refractivity contribution in [1.29, 1.82) is 5.26 Å². The fraction of sp³-hybridized carbons (Fsp3) is 0.222. The van der Waals surface area contributed by atoms with Crippen LogP contribution in [0.2, 0.25) is 0 Å². The van der Waals surface area contributed by atoms with Crippen molar-refractivity contribution < 1.29 is 13.5 Å². The number of hydrogen-bond acceptors (Lipinski definition) is 4. The predicted octanol–water partition coefficient (Wildman–Crippen LogP) is 0.162. The van der Waals surface area contributed by atoms with E-state index in [9.17, 15) is 8.42 Å². The van der Waals surface area contributed by atoms with Crippen LogP contribution in [-0.4, -0.2) is 13.5 Å². The smallest absolute Gasteiger partial charge is 0.144 e. The maximum atomic E-state index is 10.5. The Balaban J connectivity index is 3.16. The van der Waals surface area contributed by atoms with Gasteiger partial charge in [0.25, 0.3) is 0 Å². The molecule has 1 aromatic rings. The van der Waals surface area contributed by atoms with Gasteiger partial charge in [-0.05, 0) is 23.3 Å². The molecule has 0 amide bonds. The lowest BCUT2D eigenvalue weighted by atomic mass is 10.1. The van der Waals surface area contributed by atoms with E-state index in [0.29, 0.717) is 16.7 Å². The third kappa shape index (κ3) is 2.55. The molecule has 5 heteroatoms. The van der Waals surface area contributed by atoms with Gasteiger partial charge in [0.2, 0.25) is 0 Å². The number of hydrogen-bond donors (Lipinski definition) is 2. The highest BCUT2D eigenvalue weighted by molar-refractivity contribution is 7.71. The Morgan fingerprint density at radius 3 is 2.57 bits per heavy atom. The van der Waals surface area contributed by atoms with Crippen molar-refractivity contribution in [2.24, 2.45) is 0 Å². The Morgan fingerprint density at radius 1 is 1.36 bits per heavy atom. The first-order chi connectivity index (χ1) is 6.67. The molecular weight excluding hydrogens is 202 g/mol. The molecule has 0 aliphatic heterocycles. The number of thiol groups is 1. The zero-order valence-electron chi connectivity index (χ0n) is 7.30. The molecule has 0 bridgehead atoms. The van der Waals surface area contributed by atoms with Crippen LogP contribution in [-0.2, 0) is 23.1 Å². The molecule has 0 spiro atoms. The first-order valence-electron chi connectivity index (χ1n) is 3.92. The van der Waals surface area contributed by atoms with Gasteiger partial charge >= 0.3 is 0 Å². The molecule has 0 atom stereocenters. The van der Waals surface area contributed by atoms with Gasteiger partial charge in [-0.3, -0.25) is 0 Å². The van der Waals surface area contributed by atoms with Gasteiger partial charge in [0.1, 0.15) is 10.7 Å². The molecule has 1 rings (SSSR count). The van der Waals surface area contributed by atoms with Crippen LogP contribution in [0.5, 0.6) is 0 Å². The number of aliphatic hydroxyl groups excluding tert-OH is 1. The largest absolute Gasteiger partial charge is 0.392 e. The lowest BCUT2D eigenvalue weighted by molar-refractivity contribution is 0.281. The number of nitriles is 1. The molecule has 0 saturated heterocycles. The summed E-state index contributed by atoms with van der Waals surface area (Å²) >= 11 is 0. The monoisotopic (exact) mass is 211 g/mol. The summed E-state index contributed by atoms with van der Waals surface area (Å²) in [5, 5.41) is 17.5. The summed E-state index contributed by atoms with van der Waals surface area (Å²) in [7, 11) is -2.54. The fourth-order valence-corrected chi connectivity index (χ4v) is 1.71. The molecule has 0 heterocycles. The minimum atomic E-state index is -2.54. The van der Waals surface area contributed by atoms with Crippen LogP contribution in [0, 0.1) is 11.3 Å². The summed E-state index contributed by atoms with van der Waals surface area (Å²) in [4.78, 5) is 0. The molecule has 1 N–H and O–H groups in total. The van der Waals surface area contributed by atoms with Crippen molar-refractivity contribution in [1.82, 2.24) is 0 Å². The highest BCUT2D eigenvalue weighted by Gasteiger charge is 2.04. The van der Waals surface area contributed by atoms with Crippen molar-refractivity contribution in [3.63, 3.8) is 0 Å². The molecule has 74 valence electrons. The van der Waals surface area contributed by atoms with Crippen LogP contribution in [0.25, 0.3) is 0 Å². The maximum absolute atomic E-state index is 10.5. The predicted molar refractivity (Wildman–Crippen MR) is 51.1 cm³/mol. The highest BCUT2D eigenvalue weighted by Crippen LogP contribution is 2.12. The van der Waals surface area contributed by atoms with Crippen LogP contribution in [0.4, 0.5) is 0 Å². The van der Waals surface area contributed by atoms with E-state index in [-0.39, 0.29) is 12.4 Å². The average Bonchev–Trinajstić information content (AvgIpc) is 2.16. The van der Waals surface area contributed by atoms with Crippen LogP contribution in [0.1, 0.15) is 16.7 Å². The van der Waals surface area contributed by atoms with Crippen molar-refractivity contribution in [3.8, 4) is 6.07 Å². The first kappa shape index (κ1) is 10.7. The van der Waals surface area contributed by atoms with E-state index in [1.54, 1.807) is 12.1 Å². The number of aliphatic hydroxyl groups is 1. The molecule has 0 fully saturated rings. The number of nitrogens with zero attached hydrogens (tertiary/aromatic N) is 1. The number of rotatable bonds is 3. The Labute approximate surface area is 83.4 Å². The molecule has 0 saturated carbocycles. The summed E-state index contributed by atoms with van der Waals surface area (Å²) < 4.78 is 21.0. The maximum Gasteiger partial charge on any atom is 0.144 e. The second-order valence-electron chi connectivity index (χ2n) is 2.74. The van der Waals surface area contributed by atoms with Gasteiger partial charge in [0.05, 0.1) is 24.0 Å². The van der Waals surface area contributed by atoms with E-state index in [1.807, 2.05) is 6.07 Å². The molecule has 0 radical (unpaired) electrons. The van der Waals surface area contributed by atoms with E-state index in [0.717, 1.165) is 0 Å². The minimum absolute atomic E-state index is 0.138. The standard InChI is InChI=1S/C9H9NO3S/c10-4-7-1-2-8(5-11)9(3-7)6-14(12)13/h1-3,11,14H,5-6H2. The first-order valence-corrected chi connectivity index (χ1v) is 5.28. The zero-order valence-corrected chi connectivity index (χ0v) is 8.20. The summed E-state index contributed by atoms with van der Waals surface area (Å²) in [6.45, 7) is -0.218. The van der Waals surface area contributed by atoms with Crippen molar-refractivity contribution in [2.75, 3.05) is 0 Å². The Bertz CT molecular complexity index is 438. The minimum Gasteiger partial charge on any atom is -0.392 e. The molecular formula is C9H9NO3S. The Morgan fingerprint density at radius 2 is 2.07 bits per heavy atom. The quantitative estimate of drug-likeness (QED) is 0.698. The molecule has 0 aromatic heterocycles. The lowest BCUT2D eigenvalue weighted by Gasteiger charge is -2.03. The lowest BCUT2D eigenvalue weighted by Crippen LogP contribution is -1.96. The summed E-state index contributed by atoms with van der Waals surface area (Å²) in [6, 6.07) is 6.51. The van der Waals surface area contributed by atoms with E-state index in [2.05, 4.69) is 0 Å². The van der Waals surface area contributed by atoms with Crippen molar-refractivity contribution >= 4 is 10.7 Å². The Hall–Kier alpha value is -1.38. The number of benzene rings is 1. The van der Waals surface area contributed by atoms with Crippen LogP contribution in [0.3, 0.4) is 0 Å². The second kappa shape index (κ2) is 4.74. The second-order valence-corrected chi connectivity index (χ2v) is 3.73. The third-order valence-electron chi connectivity index (χ3n) is 1.81. The van der Waals surface area contributed by atoms with Crippen LogP contribution in [0.15, 0.2) is 18.2 Å². The van der Waals surface area contributed by atoms with E-state index in [4.69, 9.17) is 10.4 Å². The van der Waals surface area contributed by atoms with Gasteiger partial charge in [0, 0.05) is 0 Å². The van der Waals surface area contributed by atoms with Gasteiger partial charge in [0.15, 0.2) is 0 Å². The molecule has 1 aromatic carbocycles. The van der Waals surface area contributed by atoms with Crippen molar-refractivity contribution in [2.45, 2.75) is 12.4 Å². The van der Waals surface area contributed by atoms with Gasteiger partial charge < -0.3 is 5.11 Å². The van der Waals surface area contributed by atoms with Crippen molar-refractivity contribution in [3.05, 3.63) is 34.9 Å². The molecule has 0 aliphatic carbocycles. The average molecular weight is 211 g/mol. The summed E-state index contributed by atoms with van der Waals surface area (Å²) in [5.41, 5.74) is 1.43. The molecule has 0 aliphatic rings. The third-order valence-corrected chi connectivity index (χ3v) is 2.40. The SMILES string of the molecule is N#Cc1ccc(CO)c(C[SH](=O)=O)c1. The normalized spacial score (nSPS) is 10.1. The Kier molecular flexibility index (Phi) is 3.63. The van der Waals surface area contributed by atoms with Gasteiger partial charge in [-0.1, -0.05) is 6.07 Å². The van der Waals surface area contributed by atoms with E-state index >= 15 is 0 Å². The summed E-state index contributed by atoms with van der Waals surface area (Å²) in [5.74, 6) is -0.138. The zero-order chi connectivity index (χ0) is 10.6. The van der Waals surface area contributed by atoms with Crippen LogP contribution < -0.4 is 0 Å². The van der Waals surface area contributed by atoms with E-state index < -0.39 is 10.7 Å². The van der Waals surface area contributed by atoms with Gasteiger partial charge in [-0.25, -0.2) is 8.42 Å². The molecule has 14 heavy (non-hydrogen) atoms. The summed E-state index contributed by atoms with van der Waals surface area (Å²) in [6.07, 6.45) is 0. The van der Waals surface area contributed by atoms with Crippen LogP contribution >= 0.6 is 0 Å². The van der Waals surface area contributed by atoms with E-state index in [1.165, 1.54) is 6.07 Å².